The quantitative estimate of drug-likeness (QED) is 0.167. The molecule has 0 radical (unpaired) electrons. The molecule has 282 valence electrons. The molecule has 0 aliphatic heterocycles. The van der Waals surface area contributed by atoms with E-state index in [2.05, 4.69) is 170 Å². The number of aliphatic hydroxyl groups is 1. The van der Waals surface area contributed by atoms with E-state index in [-0.39, 0.29) is 34.9 Å². The van der Waals surface area contributed by atoms with Crippen LogP contribution in [0.25, 0.3) is 49.2 Å². The molecule has 0 saturated heterocycles. The normalized spacial score (nSPS) is 21.9. The fourth-order valence-corrected chi connectivity index (χ4v) is 13.4. The number of aromatic nitrogens is 1. The molecule has 3 heteroatoms. The Morgan fingerprint density at radius 3 is 1.63 bits per heavy atom. The Balaban J connectivity index is 1.12. The zero-order valence-electron chi connectivity index (χ0n) is 33.1. The summed E-state index contributed by atoms with van der Waals surface area (Å²) in [7, 11) is 0. The second-order valence-corrected chi connectivity index (χ2v) is 18.6. The van der Waals surface area contributed by atoms with Gasteiger partial charge in [0.25, 0.3) is 0 Å². The number of rotatable bonds is 0. The maximum Gasteiger partial charge on any atom is 0.175 e. The van der Waals surface area contributed by atoms with Crippen molar-refractivity contribution in [1.29, 1.82) is 0 Å². The first kappa shape index (κ1) is 32.1. The van der Waals surface area contributed by atoms with Gasteiger partial charge in [-0.15, -0.1) is 0 Å². The van der Waals surface area contributed by atoms with Gasteiger partial charge in [0.15, 0.2) is 5.78 Å². The van der Waals surface area contributed by atoms with Crippen LogP contribution in [0.3, 0.4) is 0 Å². The molecule has 2 aromatic heterocycles. The number of fused-ring (bicyclic) bond motifs is 10. The fourth-order valence-electron chi connectivity index (χ4n) is 13.4. The van der Waals surface area contributed by atoms with Crippen molar-refractivity contribution < 1.29 is 9.90 Å². The van der Waals surface area contributed by atoms with Crippen molar-refractivity contribution in [2.24, 2.45) is 0 Å². The summed E-state index contributed by atoms with van der Waals surface area (Å²) in [6.45, 7) is 4.75. The van der Waals surface area contributed by atoms with Crippen LogP contribution in [0.15, 0.2) is 152 Å². The summed E-state index contributed by atoms with van der Waals surface area (Å²) in [6.07, 6.45) is -0.725. The standard InChI is InChI=1S/C57H37NO2/c1-57(2)44-22-12-11-21-36(44)52-45(57)25-40-37-23-38-41(55(59)50-32-17-7-3-13-28(32)48(38)29-14-4-8-18-33(29)50)26-46(37)58-47-27-42-39(24-43(47)53(52)54(40)58)49-30-15-5-9-19-34(30)51(56(42)60)35-20-10-6-16-31(35)49/h3-27,48-51,56,60H,1-2H3. The molecule has 0 spiro atoms. The molecule has 0 saturated carbocycles. The molecule has 3 nitrogen and oxygen atoms in total. The molecule has 0 fully saturated rings. The number of aliphatic hydroxyl groups excluding tert-OH is 1. The van der Waals surface area contributed by atoms with E-state index < -0.39 is 6.10 Å². The Bertz CT molecular complexity index is 3560. The lowest BCUT2D eigenvalue weighted by Gasteiger charge is -2.32. The van der Waals surface area contributed by atoms with Gasteiger partial charge in [-0.25, -0.2) is 0 Å². The van der Waals surface area contributed by atoms with Crippen molar-refractivity contribution >= 4 is 43.9 Å². The number of nitrogens with zero attached hydrogens (tertiary/aromatic N) is 1. The number of hydrogen-bond donors (Lipinski definition) is 1. The van der Waals surface area contributed by atoms with Crippen LogP contribution in [-0.4, -0.2) is 15.3 Å². The monoisotopic (exact) mass is 767 g/mol. The Kier molecular flexibility index (Phi) is 5.61. The molecule has 60 heavy (non-hydrogen) atoms. The minimum absolute atomic E-state index is 0.00548. The zero-order chi connectivity index (χ0) is 39.5. The number of benzene rings is 8. The maximum atomic E-state index is 15.2. The topological polar surface area (TPSA) is 41.7 Å². The first-order valence-electron chi connectivity index (χ1n) is 21.5. The number of Topliss-reactive ketones (excluding diaryl/α,β-unsaturated/α-hetero) is 1. The van der Waals surface area contributed by atoms with E-state index in [1.54, 1.807) is 0 Å². The lowest BCUT2D eigenvalue weighted by molar-refractivity contribution is 0.0974. The van der Waals surface area contributed by atoms with Crippen LogP contribution in [-0.2, 0) is 5.41 Å². The molecule has 1 N–H and O–H groups in total. The number of carbonyl (C=O) groups excluding carboxylic acids is 1. The highest BCUT2D eigenvalue weighted by molar-refractivity contribution is 6.29. The minimum atomic E-state index is -0.725. The third kappa shape index (κ3) is 3.49. The zero-order valence-corrected chi connectivity index (χ0v) is 33.1. The SMILES string of the molecule is CC1(C)c2ccccc2-c2c1cc1c3cc4c(cc3n3c5cc6c(cc5c2c13)C1c2ccccc2C(c2ccccc21)C6O)C(=O)C1c2ccccc2C4c2ccccc21. The molecule has 1 atom stereocenters. The summed E-state index contributed by atoms with van der Waals surface area (Å²) in [5, 5.41) is 17.7. The number of ketones is 1. The van der Waals surface area contributed by atoms with Gasteiger partial charge in [-0.05, 0) is 114 Å². The third-order valence-electron chi connectivity index (χ3n) is 15.8. The van der Waals surface area contributed by atoms with Gasteiger partial charge in [-0.2, -0.15) is 0 Å². The average molecular weight is 768 g/mol. The summed E-state index contributed by atoms with van der Waals surface area (Å²) in [6, 6.07) is 55.6. The molecule has 17 rings (SSSR count). The smallest absolute Gasteiger partial charge is 0.175 e. The first-order valence-corrected chi connectivity index (χ1v) is 21.5. The molecular formula is C57H37NO2. The molecule has 1 unspecified atom stereocenters. The number of hydrogen-bond acceptors (Lipinski definition) is 2. The highest BCUT2D eigenvalue weighted by Gasteiger charge is 2.46. The molecule has 0 amide bonds. The van der Waals surface area contributed by atoms with Gasteiger partial charge in [0, 0.05) is 50.3 Å². The van der Waals surface area contributed by atoms with Crippen molar-refractivity contribution in [3.05, 3.63) is 230 Å². The van der Waals surface area contributed by atoms with E-state index in [1.165, 1.54) is 88.3 Å². The van der Waals surface area contributed by atoms with Gasteiger partial charge in [0.1, 0.15) is 0 Å². The van der Waals surface area contributed by atoms with E-state index in [9.17, 15) is 5.11 Å². The Labute approximate surface area is 346 Å². The van der Waals surface area contributed by atoms with Gasteiger partial charge in [0.05, 0.1) is 28.6 Å². The first-order chi connectivity index (χ1) is 29.4. The van der Waals surface area contributed by atoms with Crippen molar-refractivity contribution in [1.82, 2.24) is 4.40 Å². The Morgan fingerprint density at radius 1 is 0.467 bits per heavy atom. The van der Waals surface area contributed by atoms with Crippen LogP contribution in [0.1, 0.15) is 126 Å². The third-order valence-corrected chi connectivity index (χ3v) is 15.8. The summed E-state index contributed by atoms with van der Waals surface area (Å²) in [5.41, 5.74) is 22.2. The number of carbonyl (C=O) groups is 1. The summed E-state index contributed by atoms with van der Waals surface area (Å²) >= 11 is 0. The van der Waals surface area contributed by atoms with E-state index >= 15 is 4.79 Å². The second-order valence-electron chi connectivity index (χ2n) is 18.6. The van der Waals surface area contributed by atoms with Gasteiger partial charge >= 0.3 is 0 Å². The van der Waals surface area contributed by atoms with Crippen LogP contribution < -0.4 is 0 Å². The van der Waals surface area contributed by atoms with E-state index in [4.69, 9.17) is 0 Å². The summed E-state index contributed by atoms with van der Waals surface area (Å²) in [4.78, 5) is 15.2. The van der Waals surface area contributed by atoms with E-state index in [0.29, 0.717) is 0 Å². The van der Waals surface area contributed by atoms with Crippen LogP contribution in [0, 0.1) is 0 Å². The van der Waals surface area contributed by atoms with Crippen molar-refractivity contribution in [3.63, 3.8) is 0 Å². The van der Waals surface area contributed by atoms with Crippen molar-refractivity contribution in [3.8, 4) is 11.1 Å². The molecular weight excluding hydrogens is 731 g/mol. The van der Waals surface area contributed by atoms with Crippen LogP contribution in [0.2, 0.25) is 0 Å². The second kappa shape index (κ2) is 10.5. The van der Waals surface area contributed by atoms with Gasteiger partial charge in [0.2, 0.25) is 0 Å². The van der Waals surface area contributed by atoms with Gasteiger partial charge in [-0.3, -0.25) is 4.79 Å². The molecule has 10 aromatic rings. The lowest BCUT2D eigenvalue weighted by Crippen LogP contribution is -2.19. The Hall–Kier alpha value is -6.81. The van der Waals surface area contributed by atoms with Crippen LogP contribution in [0.5, 0.6) is 0 Å². The maximum absolute atomic E-state index is 15.2. The summed E-state index contributed by atoms with van der Waals surface area (Å²) < 4.78 is 2.46. The molecule has 7 aliphatic rings. The molecule has 8 aromatic carbocycles. The molecule has 4 bridgehead atoms. The highest BCUT2D eigenvalue weighted by atomic mass is 16.3. The molecule has 7 aliphatic carbocycles. The summed E-state index contributed by atoms with van der Waals surface area (Å²) in [5.74, 6) is -0.366. The predicted octanol–water partition coefficient (Wildman–Crippen LogP) is 12.6. The van der Waals surface area contributed by atoms with E-state index in [1.807, 2.05) is 0 Å². The average Bonchev–Trinajstić information content (AvgIpc) is 3.75. The minimum Gasteiger partial charge on any atom is -0.387 e. The Morgan fingerprint density at radius 2 is 0.983 bits per heavy atom. The predicted molar refractivity (Wildman–Crippen MR) is 239 cm³/mol. The van der Waals surface area contributed by atoms with E-state index in [0.717, 1.165) is 38.9 Å². The van der Waals surface area contributed by atoms with Gasteiger partial charge in [-0.1, -0.05) is 135 Å². The van der Waals surface area contributed by atoms with Gasteiger partial charge < -0.3 is 9.51 Å². The largest absolute Gasteiger partial charge is 0.387 e. The van der Waals surface area contributed by atoms with Crippen molar-refractivity contribution in [2.45, 2.75) is 49.0 Å². The van der Waals surface area contributed by atoms with Crippen LogP contribution >= 0.6 is 0 Å². The highest BCUT2D eigenvalue weighted by Crippen LogP contribution is 2.60. The van der Waals surface area contributed by atoms with Crippen LogP contribution in [0.4, 0.5) is 0 Å². The fraction of sp³-hybridized carbons (Fsp3) is 0.140. The van der Waals surface area contributed by atoms with Crippen molar-refractivity contribution in [2.75, 3.05) is 0 Å². The molecule has 2 heterocycles. The lowest BCUT2D eigenvalue weighted by atomic mass is 9.72.